The lowest BCUT2D eigenvalue weighted by Crippen LogP contribution is -2.07. The third-order valence-electron chi connectivity index (χ3n) is 2.70. The van der Waals surface area contributed by atoms with Gasteiger partial charge in [-0.15, -0.1) is 0 Å². The van der Waals surface area contributed by atoms with Gasteiger partial charge in [-0.3, -0.25) is 4.68 Å². The summed E-state index contributed by atoms with van der Waals surface area (Å²) in [4.78, 5) is 0. The molecule has 0 spiro atoms. The van der Waals surface area contributed by atoms with Crippen molar-refractivity contribution in [1.82, 2.24) is 9.78 Å². The number of hydrogen-bond acceptors (Lipinski definition) is 1. The van der Waals surface area contributed by atoms with Crippen LogP contribution in [-0.2, 0) is 0 Å². The first kappa shape index (κ1) is 9.30. The summed E-state index contributed by atoms with van der Waals surface area (Å²) in [5.41, 5.74) is 3.80. The Hall–Kier alpha value is -0.790. The average molecular weight is 166 g/mol. The lowest BCUT2D eigenvalue weighted by atomic mass is 10.2. The molecule has 2 nitrogen and oxygen atoms in total. The monoisotopic (exact) mass is 166 g/mol. The van der Waals surface area contributed by atoms with Crippen molar-refractivity contribution in [2.45, 2.75) is 47.1 Å². The zero-order chi connectivity index (χ0) is 9.30. The molecule has 0 aromatic carbocycles. The van der Waals surface area contributed by atoms with Gasteiger partial charge in [0, 0.05) is 11.7 Å². The summed E-state index contributed by atoms with van der Waals surface area (Å²) in [5.74, 6) is 0. The van der Waals surface area contributed by atoms with Crippen molar-refractivity contribution in [2.75, 3.05) is 0 Å². The molecule has 0 radical (unpaired) electrons. The van der Waals surface area contributed by atoms with Crippen LogP contribution in [0.2, 0.25) is 0 Å². The van der Waals surface area contributed by atoms with Gasteiger partial charge in [0.05, 0.1) is 5.69 Å². The molecule has 1 heterocycles. The summed E-state index contributed by atoms with van der Waals surface area (Å²) in [7, 11) is 0. The largest absolute Gasteiger partial charge is 0.267 e. The third kappa shape index (κ3) is 1.38. The summed E-state index contributed by atoms with van der Waals surface area (Å²) in [6.45, 7) is 10.7. The van der Waals surface area contributed by atoms with Gasteiger partial charge in [0.2, 0.25) is 0 Å². The van der Waals surface area contributed by atoms with Crippen LogP contribution >= 0.6 is 0 Å². The van der Waals surface area contributed by atoms with Gasteiger partial charge >= 0.3 is 0 Å². The van der Waals surface area contributed by atoms with Crippen LogP contribution in [0.5, 0.6) is 0 Å². The molecule has 0 aliphatic heterocycles. The Morgan fingerprint density at radius 3 is 2.25 bits per heavy atom. The number of aryl methyl sites for hydroxylation is 1. The number of rotatable bonds is 2. The van der Waals surface area contributed by atoms with Gasteiger partial charge in [0.1, 0.15) is 0 Å². The summed E-state index contributed by atoms with van der Waals surface area (Å²) in [6.07, 6.45) is 1.14. The molecule has 0 bridgehead atoms. The van der Waals surface area contributed by atoms with Crippen molar-refractivity contribution in [3.63, 3.8) is 0 Å². The molecule has 1 unspecified atom stereocenters. The highest BCUT2D eigenvalue weighted by atomic mass is 15.3. The second-order valence-electron chi connectivity index (χ2n) is 3.50. The van der Waals surface area contributed by atoms with Crippen LogP contribution in [0, 0.1) is 20.8 Å². The van der Waals surface area contributed by atoms with Crippen molar-refractivity contribution >= 4 is 0 Å². The average Bonchev–Trinajstić information content (AvgIpc) is 2.32. The Kier molecular flexibility index (Phi) is 2.55. The van der Waals surface area contributed by atoms with Crippen molar-refractivity contribution < 1.29 is 0 Å². The fourth-order valence-corrected chi connectivity index (χ4v) is 1.35. The van der Waals surface area contributed by atoms with E-state index >= 15 is 0 Å². The van der Waals surface area contributed by atoms with E-state index in [-0.39, 0.29) is 0 Å². The molecule has 1 rings (SSSR count). The number of nitrogens with zero attached hydrogens (tertiary/aromatic N) is 2. The molecule has 0 aliphatic rings. The van der Waals surface area contributed by atoms with Gasteiger partial charge < -0.3 is 0 Å². The number of aromatic nitrogens is 2. The molecule has 0 amide bonds. The maximum Gasteiger partial charge on any atom is 0.0625 e. The second kappa shape index (κ2) is 3.30. The Labute approximate surface area is 74.6 Å². The third-order valence-corrected chi connectivity index (χ3v) is 2.70. The number of hydrogen-bond donors (Lipinski definition) is 0. The van der Waals surface area contributed by atoms with Crippen molar-refractivity contribution in [2.24, 2.45) is 0 Å². The molecule has 12 heavy (non-hydrogen) atoms. The Morgan fingerprint density at radius 1 is 1.33 bits per heavy atom. The molecular weight excluding hydrogens is 148 g/mol. The molecule has 68 valence electrons. The topological polar surface area (TPSA) is 17.8 Å². The Morgan fingerprint density at radius 2 is 1.92 bits per heavy atom. The van der Waals surface area contributed by atoms with Crippen LogP contribution in [0.3, 0.4) is 0 Å². The zero-order valence-corrected chi connectivity index (χ0v) is 8.68. The maximum atomic E-state index is 4.50. The first-order valence-electron chi connectivity index (χ1n) is 4.60. The van der Waals surface area contributed by atoms with Crippen molar-refractivity contribution in [3.05, 3.63) is 17.0 Å². The smallest absolute Gasteiger partial charge is 0.0625 e. The molecule has 0 saturated carbocycles. The first-order valence-corrected chi connectivity index (χ1v) is 4.60. The van der Waals surface area contributed by atoms with Gasteiger partial charge in [0.25, 0.3) is 0 Å². The predicted octanol–water partition coefficient (Wildman–Crippen LogP) is 2.78. The highest BCUT2D eigenvalue weighted by molar-refractivity contribution is 5.22. The molecule has 0 saturated heterocycles. The van der Waals surface area contributed by atoms with E-state index < -0.39 is 0 Å². The standard InChI is InChI=1S/C10H18N2/c1-6-7(2)12-10(5)8(3)9(4)11-12/h7H,6H2,1-5H3. The van der Waals surface area contributed by atoms with E-state index in [1.165, 1.54) is 11.3 Å². The van der Waals surface area contributed by atoms with Crippen molar-refractivity contribution in [1.29, 1.82) is 0 Å². The van der Waals surface area contributed by atoms with E-state index in [1.54, 1.807) is 0 Å². The summed E-state index contributed by atoms with van der Waals surface area (Å²) in [5, 5.41) is 4.50. The minimum Gasteiger partial charge on any atom is -0.267 e. The summed E-state index contributed by atoms with van der Waals surface area (Å²) >= 11 is 0. The second-order valence-corrected chi connectivity index (χ2v) is 3.50. The van der Waals surface area contributed by atoms with Crippen LogP contribution in [0.1, 0.15) is 43.3 Å². The predicted molar refractivity (Wildman–Crippen MR) is 51.4 cm³/mol. The molecule has 0 N–H and O–H groups in total. The quantitative estimate of drug-likeness (QED) is 0.660. The Balaban J connectivity index is 3.08. The molecule has 1 aromatic rings. The lowest BCUT2D eigenvalue weighted by Gasteiger charge is -2.11. The highest BCUT2D eigenvalue weighted by Crippen LogP contribution is 2.17. The Bertz CT molecular complexity index is 274. The lowest BCUT2D eigenvalue weighted by molar-refractivity contribution is 0.465. The van der Waals surface area contributed by atoms with Crippen LogP contribution in [0.25, 0.3) is 0 Å². The van der Waals surface area contributed by atoms with Crippen LogP contribution < -0.4 is 0 Å². The molecule has 2 heteroatoms. The molecule has 0 aliphatic carbocycles. The van der Waals surface area contributed by atoms with E-state index in [1.807, 2.05) is 0 Å². The van der Waals surface area contributed by atoms with Gasteiger partial charge in [-0.2, -0.15) is 5.10 Å². The van der Waals surface area contributed by atoms with E-state index in [0.29, 0.717) is 6.04 Å². The normalized spacial score (nSPS) is 13.4. The maximum absolute atomic E-state index is 4.50. The van der Waals surface area contributed by atoms with E-state index in [9.17, 15) is 0 Å². The van der Waals surface area contributed by atoms with E-state index in [4.69, 9.17) is 0 Å². The minimum absolute atomic E-state index is 0.525. The molecule has 0 fully saturated rings. The first-order chi connectivity index (χ1) is 5.57. The zero-order valence-electron chi connectivity index (χ0n) is 8.68. The molecular formula is C10H18N2. The van der Waals surface area contributed by atoms with Gasteiger partial charge in [-0.1, -0.05) is 6.92 Å². The van der Waals surface area contributed by atoms with Crippen LogP contribution in [0.4, 0.5) is 0 Å². The van der Waals surface area contributed by atoms with Gasteiger partial charge in [-0.25, -0.2) is 0 Å². The fraction of sp³-hybridized carbons (Fsp3) is 0.700. The van der Waals surface area contributed by atoms with Crippen LogP contribution in [0.15, 0.2) is 0 Å². The summed E-state index contributed by atoms with van der Waals surface area (Å²) in [6, 6.07) is 0.525. The molecule has 1 atom stereocenters. The SMILES string of the molecule is CCC(C)n1nc(C)c(C)c1C. The van der Waals surface area contributed by atoms with Crippen molar-refractivity contribution in [3.8, 4) is 0 Å². The summed E-state index contributed by atoms with van der Waals surface area (Å²) < 4.78 is 2.13. The minimum atomic E-state index is 0.525. The van der Waals surface area contributed by atoms with E-state index in [0.717, 1.165) is 12.1 Å². The van der Waals surface area contributed by atoms with Gasteiger partial charge in [0.15, 0.2) is 0 Å². The highest BCUT2D eigenvalue weighted by Gasteiger charge is 2.10. The van der Waals surface area contributed by atoms with Gasteiger partial charge in [-0.05, 0) is 39.7 Å². The van der Waals surface area contributed by atoms with Crippen LogP contribution in [-0.4, -0.2) is 9.78 Å². The molecule has 1 aromatic heterocycles. The fourth-order valence-electron chi connectivity index (χ4n) is 1.35. The van der Waals surface area contributed by atoms with E-state index in [2.05, 4.69) is 44.4 Å².